The highest BCUT2D eigenvalue weighted by molar-refractivity contribution is 5.75. The van der Waals surface area contributed by atoms with Crippen LogP contribution in [0, 0.1) is 5.41 Å². The Labute approximate surface area is 78.6 Å². The van der Waals surface area contributed by atoms with E-state index in [4.69, 9.17) is 0 Å². The number of allylic oxidation sites excluding steroid dienone is 1. The Kier molecular flexibility index (Phi) is 3.78. The summed E-state index contributed by atoms with van der Waals surface area (Å²) in [5.74, 6) is -0.766. The van der Waals surface area contributed by atoms with Gasteiger partial charge in [-0.2, -0.15) is 0 Å². The average molecular weight is 186 g/mol. The molecule has 0 unspecified atom stereocenters. The summed E-state index contributed by atoms with van der Waals surface area (Å²) < 4.78 is 4.55. The van der Waals surface area contributed by atoms with Gasteiger partial charge in [0.1, 0.15) is 5.70 Å². The summed E-state index contributed by atoms with van der Waals surface area (Å²) in [6.45, 7) is 6.84. The van der Waals surface area contributed by atoms with Crippen molar-refractivity contribution in [3.05, 3.63) is 11.6 Å². The van der Waals surface area contributed by atoms with Crippen LogP contribution in [0.4, 0.5) is 0 Å². The summed E-state index contributed by atoms with van der Waals surface area (Å²) in [7, 11) is 1.29. The smallest absolute Gasteiger partial charge is 0.350 e. The molecule has 0 heterocycles. The third kappa shape index (κ3) is 3.83. The highest BCUT2D eigenvalue weighted by Gasteiger charge is 2.24. The van der Waals surface area contributed by atoms with Gasteiger partial charge in [0.2, 0.25) is 5.91 Å². The maximum atomic E-state index is 11.2. The second kappa shape index (κ2) is 4.16. The molecule has 0 aliphatic carbocycles. The third-order valence-electron chi connectivity index (χ3n) is 1.44. The second-order valence-corrected chi connectivity index (χ2v) is 3.80. The fraction of sp³-hybridized carbons (Fsp3) is 0.667. The van der Waals surface area contributed by atoms with Crippen molar-refractivity contribution < 1.29 is 14.6 Å². The molecule has 0 bridgehead atoms. The number of nitrogens with one attached hydrogen (secondary N) is 1. The Morgan fingerprint density at radius 2 is 1.77 bits per heavy atom. The van der Waals surface area contributed by atoms with E-state index >= 15 is 0 Å². The van der Waals surface area contributed by atoms with Crippen LogP contribution < -0.4 is 5.32 Å². The number of ether oxygens (including phenoxy) is 1. The molecule has 1 N–H and O–H groups in total. The van der Waals surface area contributed by atoms with E-state index in [-0.39, 0.29) is 11.6 Å². The zero-order valence-electron chi connectivity index (χ0n) is 8.72. The first-order chi connectivity index (χ1) is 5.79. The number of rotatable bonds is 2. The van der Waals surface area contributed by atoms with Crippen LogP contribution in [-0.2, 0) is 14.6 Å². The Bertz CT molecular complexity index is 226. The van der Waals surface area contributed by atoms with Crippen molar-refractivity contribution >= 4 is 5.91 Å². The van der Waals surface area contributed by atoms with Crippen molar-refractivity contribution in [3.8, 4) is 0 Å². The summed E-state index contributed by atoms with van der Waals surface area (Å²) in [5, 5.41) is 13.7. The zero-order valence-corrected chi connectivity index (χ0v) is 8.72. The number of hydrogen-bond acceptors (Lipinski definition) is 2. The van der Waals surface area contributed by atoms with Crippen molar-refractivity contribution in [2.24, 2.45) is 5.41 Å². The molecular weight excluding hydrogens is 170 g/mol. The van der Waals surface area contributed by atoms with E-state index < -0.39 is 11.4 Å². The van der Waals surface area contributed by atoms with Gasteiger partial charge in [-0.3, -0.25) is 4.79 Å². The van der Waals surface area contributed by atoms with Crippen molar-refractivity contribution in [1.29, 1.82) is 0 Å². The normalized spacial score (nSPS) is 13.3. The van der Waals surface area contributed by atoms with Gasteiger partial charge >= 0.3 is 5.95 Å². The maximum absolute atomic E-state index is 11.2. The number of methoxy groups -OCH3 is 1. The molecule has 1 amide bonds. The highest BCUT2D eigenvalue weighted by atomic mass is 16.6. The predicted molar refractivity (Wildman–Crippen MR) is 48.0 cm³/mol. The standard InChI is InChI=1S/C9H16NO3/c1-6(11)10-7(8(12)13-5)9(2,3)4/h1-5H3,(H,10,11). The fourth-order valence-electron chi connectivity index (χ4n) is 0.823. The van der Waals surface area contributed by atoms with Gasteiger partial charge in [0.25, 0.3) is 0 Å². The van der Waals surface area contributed by atoms with Crippen molar-refractivity contribution in [3.63, 3.8) is 0 Å². The number of amides is 1. The van der Waals surface area contributed by atoms with Gasteiger partial charge in [-0.1, -0.05) is 20.8 Å². The number of carbonyl (C=O) groups is 1. The molecule has 0 fully saturated rings. The molecule has 75 valence electrons. The number of carbonyl (C=O) groups excluding carboxylic acids is 1. The van der Waals surface area contributed by atoms with Crippen LogP contribution in [-0.4, -0.2) is 13.0 Å². The Morgan fingerprint density at radius 3 is 2.00 bits per heavy atom. The SMILES string of the molecule is COC([O])=C(NC(C)=O)C(C)(C)C. The van der Waals surface area contributed by atoms with Crippen LogP contribution in [0.25, 0.3) is 0 Å². The highest BCUT2D eigenvalue weighted by Crippen LogP contribution is 2.25. The molecule has 13 heavy (non-hydrogen) atoms. The van der Waals surface area contributed by atoms with Crippen LogP contribution in [0.15, 0.2) is 11.6 Å². The Balaban J connectivity index is 4.88. The van der Waals surface area contributed by atoms with Crippen LogP contribution in [0.5, 0.6) is 0 Å². The first-order valence-electron chi connectivity index (χ1n) is 4.02. The van der Waals surface area contributed by atoms with E-state index in [1.54, 1.807) is 0 Å². The van der Waals surface area contributed by atoms with Crippen molar-refractivity contribution in [2.75, 3.05) is 7.11 Å². The van der Waals surface area contributed by atoms with Crippen LogP contribution in [0.3, 0.4) is 0 Å². The van der Waals surface area contributed by atoms with Crippen LogP contribution in [0.1, 0.15) is 27.7 Å². The lowest BCUT2D eigenvalue weighted by Gasteiger charge is -2.22. The monoisotopic (exact) mass is 186 g/mol. The molecule has 4 nitrogen and oxygen atoms in total. The van der Waals surface area contributed by atoms with E-state index in [0.717, 1.165) is 0 Å². The van der Waals surface area contributed by atoms with Gasteiger partial charge in [-0.05, 0) is 0 Å². The molecule has 1 radical (unpaired) electrons. The van der Waals surface area contributed by atoms with Crippen LogP contribution >= 0.6 is 0 Å². The summed E-state index contributed by atoms with van der Waals surface area (Å²) in [5.41, 5.74) is -0.138. The second-order valence-electron chi connectivity index (χ2n) is 3.80. The molecule has 0 aliphatic heterocycles. The quantitative estimate of drug-likeness (QED) is 0.663. The Morgan fingerprint density at radius 1 is 1.31 bits per heavy atom. The minimum absolute atomic E-state index is 0.268. The van der Waals surface area contributed by atoms with E-state index in [1.165, 1.54) is 14.0 Å². The lowest BCUT2D eigenvalue weighted by molar-refractivity contribution is -0.118. The zero-order chi connectivity index (χ0) is 10.6. The molecule has 0 aromatic rings. The molecule has 0 spiro atoms. The van der Waals surface area contributed by atoms with Crippen molar-refractivity contribution in [2.45, 2.75) is 27.7 Å². The van der Waals surface area contributed by atoms with Gasteiger partial charge in [0, 0.05) is 12.3 Å². The summed E-state index contributed by atoms with van der Waals surface area (Å²) in [6.07, 6.45) is 0. The van der Waals surface area contributed by atoms with Gasteiger partial charge in [0.15, 0.2) is 0 Å². The Hall–Kier alpha value is -1.19. The van der Waals surface area contributed by atoms with Crippen LogP contribution in [0.2, 0.25) is 0 Å². The largest absolute Gasteiger partial charge is 0.465 e. The molecule has 0 aromatic heterocycles. The first-order valence-corrected chi connectivity index (χ1v) is 4.02. The maximum Gasteiger partial charge on any atom is 0.350 e. The van der Waals surface area contributed by atoms with E-state index in [2.05, 4.69) is 10.1 Å². The first kappa shape index (κ1) is 11.8. The number of hydrogen-bond donors (Lipinski definition) is 1. The lowest BCUT2D eigenvalue weighted by Crippen LogP contribution is -2.30. The summed E-state index contributed by atoms with van der Waals surface area (Å²) in [6, 6.07) is 0. The molecule has 0 aromatic carbocycles. The third-order valence-corrected chi connectivity index (χ3v) is 1.44. The fourth-order valence-corrected chi connectivity index (χ4v) is 0.823. The molecule has 0 atom stereocenters. The minimum atomic E-state index is -0.498. The van der Waals surface area contributed by atoms with Gasteiger partial charge in [0.05, 0.1) is 7.11 Å². The van der Waals surface area contributed by atoms with Gasteiger partial charge < -0.3 is 10.1 Å². The molecule has 4 heteroatoms. The molecule has 0 aliphatic rings. The predicted octanol–water partition coefficient (Wildman–Crippen LogP) is 1.41. The summed E-state index contributed by atoms with van der Waals surface area (Å²) in [4.78, 5) is 10.8. The van der Waals surface area contributed by atoms with Gasteiger partial charge in [-0.25, -0.2) is 5.11 Å². The molecule has 0 saturated heterocycles. The molecular formula is C9H16NO3. The molecule has 0 rings (SSSR count). The van der Waals surface area contributed by atoms with Gasteiger partial charge in [-0.15, -0.1) is 0 Å². The topological polar surface area (TPSA) is 58.2 Å². The molecule has 0 saturated carbocycles. The van der Waals surface area contributed by atoms with E-state index in [1.807, 2.05) is 20.8 Å². The lowest BCUT2D eigenvalue weighted by atomic mass is 9.92. The van der Waals surface area contributed by atoms with E-state index in [0.29, 0.717) is 0 Å². The minimum Gasteiger partial charge on any atom is -0.465 e. The average Bonchev–Trinajstić information content (AvgIpc) is 1.96. The summed E-state index contributed by atoms with van der Waals surface area (Å²) >= 11 is 0. The van der Waals surface area contributed by atoms with Crippen molar-refractivity contribution in [1.82, 2.24) is 5.32 Å². The van der Waals surface area contributed by atoms with E-state index in [9.17, 15) is 9.90 Å².